The van der Waals surface area contributed by atoms with E-state index < -0.39 is 0 Å². The van der Waals surface area contributed by atoms with Crippen LogP contribution in [0.4, 0.5) is 0 Å². The van der Waals surface area contributed by atoms with Crippen molar-refractivity contribution >= 4 is 0 Å². The maximum absolute atomic E-state index is 3.60. The standard InChI is InChI=1S/N2.2U/c1-2;;/q-2;2*+1. The molecule has 0 fully saturated rings. The third-order valence-electron chi connectivity index (χ3n) is 0.0500. The van der Waals surface area contributed by atoms with Gasteiger partial charge >= 0.3 is 64.4 Å². The van der Waals surface area contributed by atoms with Crippen LogP contribution in [0.15, 0.2) is 4.90 Å². The van der Waals surface area contributed by atoms with Gasteiger partial charge in [-0.2, -0.15) is 0 Å². The first-order chi connectivity index (χ1) is 1.91. The van der Waals surface area contributed by atoms with Gasteiger partial charge < -0.3 is 0 Å². The van der Waals surface area contributed by atoms with Crippen LogP contribution in [0.3, 0.4) is 0 Å². The molecule has 0 bridgehead atoms. The first-order valence-electron chi connectivity index (χ1n) is 0.647. The SMILES string of the molecule is [U][N]=[N][U]. The third kappa shape index (κ3) is 3.70. The molecule has 0 aromatic heterocycles. The molecule has 4 heavy (non-hydrogen) atoms. The van der Waals surface area contributed by atoms with E-state index in [2.05, 4.69) is 4.90 Å². The molecule has 0 spiro atoms. The Morgan fingerprint density at radius 2 is 1.25 bits per heavy atom. The van der Waals surface area contributed by atoms with Crippen LogP contribution in [0.1, 0.15) is 0 Å². The molecule has 0 rings (SSSR count). The van der Waals surface area contributed by atoms with Crippen molar-refractivity contribution in [2.45, 2.75) is 0 Å². The first kappa shape index (κ1) is 5.70. The predicted molar refractivity (Wildman–Crippen MR) is 4.86 cm³/mol. The van der Waals surface area contributed by atoms with Crippen molar-refractivity contribution in [3.05, 3.63) is 0 Å². The van der Waals surface area contributed by atoms with Gasteiger partial charge in [0.2, 0.25) is 0 Å². The molecule has 0 radical (unpaired) electrons. The van der Waals surface area contributed by atoms with Crippen molar-refractivity contribution in [3.63, 3.8) is 0 Å². The second kappa shape index (κ2) is 4.70. The average molecular weight is 504 g/mol. The van der Waals surface area contributed by atoms with Crippen molar-refractivity contribution < 1.29 is 59.5 Å². The summed E-state index contributed by atoms with van der Waals surface area (Å²) in [5, 5.41) is 0. The maximum atomic E-state index is 3.60. The van der Waals surface area contributed by atoms with Gasteiger partial charge in [-0.05, 0) is 0 Å². The molecule has 0 aliphatic rings. The van der Waals surface area contributed by atoms with Gasteiger partial charge in [-0.3, -0.25) is 0 Å². The summed E-state index contributed by atoms with van der Waals surface area (Å²) in [6.45, 7) is 0. The summed E-state index contributed by atoms with van der Waals surface area (Å²) in [5.74, 6) is 0. The minimum atomic E-state index is 0.722. The summed E-state index contributed by atoms with van der Waals surface area (Å²) in [6, 6.07) is 0. The summed E-state index contributed by atoms with van der Waals surface area (Å²) >= 11 is 1.44. The van der Waals surface area contributed by atoms with Gasteiger partial charge in [0.15, 0.2) is 0 Å². The van der Waals surface area contributed by atoms with E-state index in [9.17, 15) is 0 Å². The van der Waals surface area contributed by atoms with Crippen LogP contribution in [-0.4, -0.2) is 0 Å². The zero-order chi connectivity index (χ0) is 3.41. The van der Waals surface area contributed by atoms with Gasteiger partial charge in [-0.15, -0.1) is 0 Å². The van der Waals surface area contributed by atoms with E-state index in [1.54, 1.807) is 0 Å². The first-order valence-corrected chi connectivity index (χ1v) is 4.37. The number of hydrogen-bond acceptors (Lipinski definition) is 2. The molecule has 0 aromatic rings. The molecule has 0 aliphatic carbocycles. The Bertz CT molecular complexity index is 19.2. The van der Waals surface area contributed by atoms with E-state index in [1.807, 2.05) is 0 Å². The second-order valence-electron chi connectivity index (χ2n) is 0.200. The fraction of sp³-hybridized carbons (Fsp3) is 0. The van der Waals surface area contributed by atoms with Crippen molar-refractivity contribution in [3.8, 4) is 0 Å². The van der Waals surface area contributed by atoms with Crippen LogP contribution in [0.5, 0.6) is 0 Å². The third-order valence-corrected chi connectivity index (χ3v) is 4.35. The van der Waals surface area contributed by atoms with Crippen molar-refractivity contribution in [1.29, 1.82) is 0 Å². The topological polar surface area (TPSA) is 24.7 Å². The van der Waals surface area contributed by atoms with Gasteiger partial charge in [0.1, 0.15) is 0 Å². The van der Waals surface area contributed by atoms with Gasteiger partial charge in [-0.1, -0.05) is 0 Å². The summed E-state index contributed by atoms with van der Waals surface area (Å²) in [7, 11) is 0. The van der Waals surface area contributed by atoms with Gasteiger partial charge in [0.05, 0.1) is 0 Å². The zero-order valence-electron chi connectivity index (χ0n) is 1.89. The molecule has 2 nitrogen and oxygen atoms in total. The zero-order valence-corrected chi connectivity index (χ0v) is 10.2. The second-order valence-corrected chi connectivity index (χ2v) is 1.87. The van der Waals surface area contributed by atoms with E-state index in [4.69, 9.17) is 0 Å². The van der Waals surface area contributed by atoms with Crippen molar-refractivity contribution in [1.82, 2.24) is 0 Å². The summed E-state index contributed by atoms with van der Waals surface area (Å²) in [4.78, 5) is 0. The number of rotatable bonds is 0. The molecule has 0 saturated heterocycles. The minimum absolute atomic E-state index is 0.722. The normalized spacial score (nSPS) is 10.0. The fourth-order valence-corrected chi connectivity index (χ4v) is 0. The van der Waals surface area contributed by atoms with Crippen LogP contribution in [0.25, 0.3) is 0 Å². The number of nitrogens with zero attached hydrogens (tertiary/aromatic N) is 2. The van der Waals surface area contributed by atoms with E-state index in [0.29, 0.717) is 0 Å². The van der Waals surface area contributed by atoms with Crippen molar-refractivity contribution in [2.75, 3.05) is 0 Å². The Morgan fingerprint density at radius 3 is 1.25 bits per heavy atom. The van der Waals surface area contributed by atoms with E-state index in [-0.39, 0.29) is 0 Å². The van der Waals surface area contributed by atoms with E-state index in [0.717, 1.165) is 59.5 Å². The van der Waals surface area contributed by atoms with Crippen LogP contribution in [0, 0.1) is 59.5 Å². The van der Waals surface area contributed by atoms with E-state index >= 15 is 0 Å². The van der Waals surface area contributed by atoms with Crippen LogP contribution >= 0.6 is 0 Å². The molecule has 18 valence electrons. The molecular formula is N2U2. The van der Waals surface area contributed by atoms with Crippen LogP contribution in [-0.2, 0) is 0 Å². The monoisotopic (exact) mass is 504 g/mol. The van der Waals surface area contributed by atoms with E-state index in [1.165, 1.54) is 0 Å². The molecule has 0 atom stereocenters. The summed E-state index contributed by atoms with van der Waals surface area (Å²) in [5.41, 5.74) is 0. The molecular weight excluding hydrogens is 504 g/mol. The summed E-state index contributed by atoms with van der Waals surface area (Å²) in [6.07, 6.45) is 0. The molecule has 0 amide bonds. The summed E-state index contributed by atoms with van der Waals surface area (Å²) < 4.78 is 7.21. The molecule has 0 heterocycles. The van der Waals surface area contributed by atoms with Gasteiger partial charge in [0.25, 0.3) is 0 Å². The van der Waals surface area contributed by atoms with Gasteiger partial charge in [-0.25, -0.2) is 0 Å². The number of hydrogen-bond donors (Lipinski definition) is 0. The predicted octanol–water partition coefficient (Wildman–Crippen LogP) is 0.367. The molecule has 0 unspecified atom stereocenters. The Labute approximate surface area is 63.3 Å². The molecule has 0 aromatic carbocycles. The van der Waals surface area contributed by atoms with Crippen LogP contribution < -0.4 is 0 Å². The Hall–Kier alpha value is 1.70. The molecule has 0 saturated carbocycles. The Balaban J connectivity index is 2.55. The Kier molecular flexibility index (Phi) is 6.71. The van der Waals surface area contributed by atoms with Gasteiger partial charge in [0, 0.05) is 0 Å². The molecule has 4 heteroatoms. The average Bonchev–Trinajstić information content (AvgIpc) is 1.37. The Morgan fingerprint density at radius 1 is 1.00 bits per heavy atom. The fourth-order valence-electron chi connectivity index (χ4n) is 0. The van der Waals surface area contributed by atoms with Crippen LogP contribution in [0.2, 0.25) is 0 Å². The van der Waals surface area contributed by atoms with Crippen molar-refractivity contribution in [2.24, 2.45) is 4.90 Å². The molecule has 0 aliphatic heterocycles. The quantitative estimate of drug-likeness (QED) is 0.427. The molecule has 0 N–H and O–H groups in total.